The Kier molecular flexibility index (Phi) is 5.78. The molecule has 0 unspecified atom stereocenters. The van der Waals surface area contributed by atoms with E-state index >= 15 is 0 Å². The quantitative estimate of drug-likeness (QED) is 0.360. The smallest absolute Gasteiger partial charge is 0.271 e. The van der Waals surface area contributed by atoms with Gasteiger partial charge in [0.15, 0.2) is 11.0 Å². The predicted molar refractivity (Wildman–Crippen MR) is 105 cm³/mol. The zero-order valence-electron chi connectivity index (χ0n) is 15.6. The van der Waals surface area contributed by atoms with E-state index in [1.54, 1.807) is 12.3 Å². The van der Waals surface area contributed by atoms with Crippen molar-refractivity contribution >= 4 is 29.0 Å². The van der Waals surface area contributed by atoms with Crippen molar-refractivity contribution in [1.29, 1.82) is 0 Å². The summed E-state index contributed by atoms with van der Waals surface area (Å²) in [5, 5.41) is 22.6. The molecule has 2 heterocycles. The van der Waals surface area contributed by atoms with Crippen molar-refractivity contribution < 1.29 is 14.1 Å². The molecule has 0 aliphatic rings. The summed E-state index contributed by atoms with van der Waals surface area (Å²) < 4.78 is 7.30. The first-order valence-corrected chi connectivity index (χ1v) is 9.52. The number of carbonyl (C=O) groups is 1. The van der Waals surface area contributed by atoms with Crippen LogP contribution in [0.1, 0.15) is 25.6 Å². The number of thioether (sulfide) groups is 1. The van der Waals surface area contributed by atoms with Gasteiger partial charge in [0.25, 0.3) is 5.69 Å². The molecule has 0 fully saturated rings. The first-order valence-electron chi connectivity index (χ1n) is 8.53. The molecule has 1 amide bonds. The van der Waals surface area contributed by atoms with Crippen LogP contribution in [0.5, 0.6) is 0 Å². The van der Waals surface area contributed by atoms with Crippen LogP contribution in [0.4, 0.5) is 11.4 Å². The number of furan rings is 1. The SMILES string of the molecule is Cc1occc1-c1nnc(SCC(=O)Nc2cccc([N+](=O)[O-])c2)n1C(C)C. The third-order valence-corrected chi connectivity index (χ3v) is 4.90. The minimum atomic E-state index is -0.505. The van der Waals surface area contributed by atoms with E-state index in [2.05, 4.69) is 15.5 Å². The van der Waals surface area contributed by atoms with Crippen LogP contribution in [0, 0.1) is 17.0 Å². The number of aromatic nitrogens is 3. The predicted octanol–water partition coefficient (Wildman–Crippen LogP) is 4.07. The lowest BCUT2D eigenvalue weighted by atomic mass is 10.2. The monoisotopic (exact) mass is 401 g/mol. The molecule has 28 heavy (non-hydrogen) atoms. The minimum absolute atomic E-state index is 0.0786. The standard InChI is InChI=1S/C18H19N5O4S/c1-11(2)22-17(15-7-8-27-12(15)3)20-21-18(22)28-10-16(24)19-13-5-4-6-14(9-13)23(25)26/h4-9,11H,10H2,1-3H3,(H,19,24). The Morgan fingerprint density at radius 1 is 1.36 bits per heavy atom. The van der Waals surface area contributed by atoms with Gasteiger partial charge in [-0.3, -0.25) is 19.5 Å². The van der Waals surface area contributed by atoms with Gasteiger partial charge >= 0.3 is 0 Å². The number of hydrogen-bond acceptors (Lipinski definition) is 7. The number of nitrogens with zero attached hydrogens (tertiary/aromatic N) is 4. The van der Waals surface area contributed by atoms with Crippen molar-refractivity contribution in [3.63, 3.8) is 0 Å². The van der Waals surface area contributed by atoms with Crippen molar-refractivity contribution in [3.05, 3.63) is 52.5 Å². The van der Waals surface area contributed by atoms with E-state index in [0.717, 1.165) is 11.3 Å². The summed E-state index contributed by atoms with van der Waals surface area (Å²) in [5.74, 6) is 1.24. The van der Waals surface area contributed by atoms with E-state index in [0.29, 0.717) is 16.7 Å². The number of nitrogens with one attached hydrogen (secondary N) is 1. The number of anilines is 1. The van der Waals surface area contributed by atoms with Crippen LogP contribution in [0.2, 0.25) is 0 Å². The highest BCUT2D eigenvalue weighted by atomic mass is 32.2. The summed E-state index contributed by atoms with van der Waals surface area (Å²) in [7, 11) is 0. The van der Waals surface area contributed by atoms with E-state index in [-0.39, 0.29) is 23.4 Å². The normalized spacial score (nSPS) is 11.0. The van der Waals surface area contributed by atoms with Crippen LogP contribution in [-0.2, 0) is 4.79 Å². The molecule has 0 atom stereocenters. The third-order valence-electron chi connectivity index (χ3n) is 3.95. The molecule has 0 bridgehead atoms. The first-order chi connectivity index (χ1) is 13.4. The second-order valence-corrected chi connectivity index (χ2v) is 7.25. The summed E-state index contributed by atoms with van der Waals surface area (Å²) in [4.78, 5) is 22.6. The van der Waals surface area contributed by atoms with Crippen LogP contribution in [0.25, 0.3) is 11.4 Å². The molecule has 1 aromatic carbocycles. The Morgan fingerprint density at radius 2 is 2.14 bits per heavy atom. The molecule has 146 valence electrons. The summed E-state index contributed by atoms with van der Waals surface area (Å²) in [6, 6.07) is 7.73. The van der Waals surface area contributed by atoms with E-state index < -0.39 is 4.92 Å². The van der Waals surface area contributed by atoms with Gasteiger partial charge in [0.05, 0.1) is 22.5 Å². The van der Waals surface area contributed by atoms with Crippen LogP contribution in [0.3, 0.4) is 0 Å². The van der Waals surface area contributed by atoms with Gasteiger partial charge in [0.2, 0.25) is 5.91 Å². The highest BCUT2D eigenvalue weighted by Crippen LogP contribution is 2.30. The Hall–Kier alpha value is -3.14. The van der Waals surface area contributed by atoms with E-state index in [1.807, 2.05) is 31.4 Å². The topological polar surface area (TPSA) is 116 Å². The van der Waals surface area contributed by atoms with Gasteiger partial charge < -0.3 is 9.73 Å². The van der Waals surface area contributed by atoms with E-state index in [9.17, 15) is 14.9 Å². The largest absolute Gasteiger partial charge is 0.469 e. The second-order valence-electron chi connectivity index (χ2n) is 6.30. The highest BCUT2D eigenvalue weighted by molar-refractivity contribution is 7.99. The van der Waals surface area contributed by atoms with Gasteiger partial charge in [-0.15, -0.1) is 10.2 Å². The second kappa shape index (κ2) is 8.26. The van der Waals surface area contributed by atoms with Crippen molar-refractivity contribution in [2.24, 2.45) is 0 Å². The molecule has 10 heteroatoms. The fourth-order valence-corrected chi connectivity index (χ4v) is 3.53. The Balaban J connectivity index is 1.72. The number of nitro benzene ring substituents is 1. The molecule has 0 aliphatic carbocycles. The van der Waals surface area contributed by atoms with Gasteiger partial charge in [-0.05, 0) is 32.9 Å². The number of non-ortho nitro benzene ring substituents is 1. The Labute approximate surface area is 165 Å². The van der Waals surface area contributed by atoms with Gasteiger partial charge in [0.1, 0.15) is 5.76 Å². The number of carbonyl (C=O) groups excluding carboxylic acids is 1. The molecule has 3 aromatic rings. The fourth-order valence-electron chi connectivity index (χ4n) is 2.67. The van der Waals surface area contributed by atoms with E-state index in [1.165, 1.54) is 30.0 Å². The van der Waals surface area contributed by atoms with E-state index in [4.69, 9.17) is 4.42 Å². The zero-order valence-corrected chi connectivity index (χ0v) is 16.4. The number of nitro groups is 1. The number of aryl methyl sites for hydroxylation is 1. The first kappa shape index (κ1) is 19.6. The number of benzene rings is 1. The maximum Gasteiger partial charge on any atom is 0.271 e. The van der Waals surface area contributed by atoms with Crippen LogP contribution in [-0.4, -0.2) is 31.3 Å². The number of amides is 1. The van der Waals surface area contributed by atoms with Crippen LogP contribution in [0.15, 0.2) is 46.2 Å². The van der Waals surface area contributed by atoms with Crippen LogP contribution >= 0.6 is 11.8 Å². The van der Waals surface area contributed by atoms with Crippen molar-refractivity contribution in [2.75, 3.05) is 11.1 Å². The maximum absolute atomic E-state index is 12.3. The van der Waals surface area contributed by atoms with Crippen molar-refractivity contribution in [3.8, 4) is 11.4 Å². The molecule has 0 saturated heterocycles. The van der Waals surface area contributed by atoms with Crippen molar-refractivity contribution in [2.45, 2.75) is 32.0 Å². The number of rotatable bonds is 7. The lowest BCUT2D eigenvalue weighted by Crippen LogP contribution is -2.15. The molecule has 3 rings (SSSR count). The fraction of sp³-hybridized carbons (Fsp3) is 0.278. The summed E-state index contributed by atoms with van der Waals surface area (Å²) in [6.07, 6.45) is 1.60. The molecular weight excluding hydrogens is 382 g/mol. The molecular formula is C18H19N5O4S. The average molecular weight is 401 g/mol. The summed E-state index contributed by atoms with van der Waals surface area (Å²) in [6.45, 7) is 5.87. The summed E-state index contributed by atoms with van der Waals surface area (Å²) >= 11 is 1.25. The number of hydrogen-bond donors (Lipinski definition) is 1. The van der Waals surface area contributed by atoms with Crippen LogP contribution < -0.4 is 5.32 Å². The van der Waals surface area contributed by atoms with Crippen molar-refractivity contribution in [1.82, 2.24) is 14.8 Å². The molecule has 1 N–H and O–H groups in total. The highest BCUT2D eigenvalue weighted by Gasteiger charge is 2.20. The molecule has 0 aliphatic heterocycles. The van der Waals surface area contributed by atoms with Gasteiger partial charge in [-0.1, -0.05) is 17.8 Å². The third kappa shape index (κ3) is 4.22. The Morgan fingerprint density at radius 3 is 2.79 bits per heavy atom. The van der Waals surface area contributed by atoms with Gasteiger partial charge in [-0.25, -0.2) is 0 Å². The Bertz CT molecular complexity index is 1010. The lowest BCUT2D eigenvalue weighted by Gasteiger charge is -2.13. The van der Waals surface area contributed by atoms with Gasteiger partial charge in [-0.2, -0.15) is 0 Å². The molecule has 9 nitrogen and oxygen atoms in total. The van der Waals surface area contributed by atoms with Gasteiger partial charge in [0, 0.05) is 23.9 Å². The minimum Gasteiger partial charge on any atom is -0.469 e. The summed E-state index contributed by atoms with van der Waals surface area (Å²) in [5.41, 5.74) is 1.15. The molecule has 2 aromatic heterocycles. The zero-order chi connectivity index (χ0) is 20.3. The molecule has 0 spiro atoms. The molecule has 0 saturated carbocycles. The lowest BCUT2D eigenvalue weighted by molar-refractivity contribution is -0.384. The maximum atomic E-state index is 12.3. The molecule has 0 radical (unpaired) electrons. The average Bonchev–Trinajstić information content (AvgIpc) is 3.25.